The number of methoxy groups -OCH3 is 2. The van der Waals surface area contributed by atoms with Gasteiger partial charge in [0.15, 0.2) is 0 Å². The molecule has 1 fully saturated rings. The predicted molar refractivity (Wildman–Crippen MR) is 78.1 cm³/mol. The van der Waals surface area contributed by atoms with Crippen LogP contribution in [0.5, 0.6) is 11.5 Å². The van der Waals surface area contributed by atoms with Gasteiger partial charge < -0.3 is 14.6 Å². The van der Waals surface area contributed by atoms with Crippen molar-refractivity contribution in [3.05, 3.63) is 18.2 Å². The van der Waals surface area contributed by atoms with Gasteiger partial charge in [0.25, 0.3) is 0 Å². The fraction of sp³-hybridized carbons (Fsp3) is 0.571. The van der Waals surface area contributed by atoms with Gasteiger partial charge in [-0.3, -0.25) is 0 Å². The highest BCUT2D eigenvalue weighted by Crippen LogP contribution is 2.33. The molecule has 2 rings (SSSR count). The lowest BCUT2D eigenvalue weighted by Crippen LogP contribution is -2.29. The van der Waals surface area contributed by atoms with Gasteiger partial charge in [-0.25, -0.2) is 8.42 Å². The van der Waals surface area contributed by atoms with Crippen LogP contribution in [0.1, 0.15) is 12.8 Å². The molecule has 1 N–H and O–H groups in total. The Bertz CT molecular complexity index is 587. The third-order valence-electron chi connectivity index (χ3n) is 3.77. The van der Waals surface area contributed by atoms with Gasteiger partial charge in [-0.2, -0.15) is 4.31 Å². The van der Waals surface area contributed by atoms with Crippen LogP contribution < -0.4 is 9.47 Å². The first-order valence-electron chi connectivity index (χ1n) is 6.86. The first-order valence-corrected chi connectivity index (χ1v) is 8.30. The maximum Gasteiger partial charge on any atom is 0.246 e. The van der Waals surface area contributed by atoms with E-state index in [1.54, 1.807) is 12.1 Å². The van der Waals surface area contributed by atoms with E-state index in [0.717, 1.165) is 6.42 Å². The van der Waals surface area contributed by atoms with Crippen LogP contribution in [0.3, 0.4) is 0 Å². The smallest absolute Gasteiger partial charge is 0.246 e. The number of aliphatic hydroxyl groups excluding tert-OH is 1. The van der Waals surface area contributed by atoms with Gasteiger partial charge in [-0.15, -0.1) is 0 Å². The molecule has 1 aromatic carbocycles. The summed E-state index contributed by atoms with van der Waals surface area (Å²) in [6.45, 7) is 0.984. The zero-order chi connectivity index (χ0) is 15.5. The summed E-state index contributed by atoms with van der Waals surface area (Å²) in [5, 5.41) is 8.98. The van der Waals surface area contributed by atoms with Crippen LogP contribution in [0.4, 0.5) is 0 Å². The molecule has 1 aromatic rings. The minimum absolute atomic E-state index is 0.0844. The number of rotatable bonds is 6. The van der Waals surface area contributed by atoms with E-state index in [0.29, 0.717) is 31.0 Å². The summed E-state index contributed by atoms with van der Waals surface area (Å²) in [7, 11) is -0.683. The van der Waals surface area contributed by atoms with Gasteiger partial charge >= 0.3 is 0 Å². The van der Waals surface area contributed by atoms with Crippen molar-refractivity contribution in [2.45, 2.75) is 17.7 Å². The Kier molecular flexibility index (Phi) is 5.08. The normalized spacial score (nSPS) is 19.7. The van der Waals surface area contributed by atoms with Crippen molar-refractivity contribution in [2.75, 3.05) is 33.9 Å². The topological polar surface area (TPSA) is 76.1 Å². The van der Waals surface area contributed by atoms with Crippen molar-refractivity contribution in [1.82, 2.24) is 4.31 Å². The van der Waals surface area contributed by atoms with E-state index in [9.17, 15) is 8.42 Å². The van der Waals surface area contributed by atoms with Crippen molar-refractivity contribution < 1.29 is 23.0 Å². The van der Waals surface area contributed by atoms with E-state index < -0.39 is 10.0 Å². The first kappa shape index (κ1) is 16.1. The van der Waals surface area contributed by atoms with E-state index in [4.69, 9.17) is 14.6 Å². The second kappa shape index (κ2) is 6.64. The van der Waals surface area contributed by atoms with Gasteiger partial charge in [-0.1, -0.05) is 0 Å². The Balaban J connectivity index is 2.31. The number of aliphatic hydroxyl groups is 1. The van der Waals surface area contributed by atoms with E-state index in [1.807, 2.05) is 0 Å². The third kappa shape index (κ3) is 3.30. The van der Waals surface area contributed by atoms with Crippen LogP contribution in [0.25, 0.3) is 0 Å². The van der Waals surface area contributed by atoms with Crippen LogP contribution in [-0.2, 0) is 10.0 Å². The maximum atomic E-state index is 12.8. The molecule has 1 heterocycles. The lowest BCUT2D eigenvalue weighted by atomic mass is 10.1. The average Bonchev–Trinajstić information content (AvgIpc) is 2.96. The van der Waals surface area contributed by atoms with Crippen molar-refractivity contribution in [1.29, 1.82) is 0 Å². The molecular weight excluding hydrogens is 294 g/mol. The molecule has 1 unspecified atom stereocenters. The molecule has 1 aliphatic rings. The largest absolute Gasteiger partial charge is 0.497 e. The Morgan fingerprint density at radius 3 is 2.71 bits per heavy atom. The molecule has 0 aromatic heterocycles. The Morgan fingerprint density at radius 1 is 1.33 bits per heavy atom. The van der Waals surface area contributed by atoms with Crippen LogP contribution in [0.2, 0.25) is 0 Å². The first-order chi connectivity index (χ1) is 10.0. The van der Waals surface area contributed by atoms with Gasteiger partial charge in [0.05, 0.1) is 14.2 Å². The summed E-state index contributed by atoms with van der Waals surface area (Å²) in [5.41, 5.74) is 0. The molecule has 1 aliphatic heterocycles. The molecule has 0 aliphatic carbocycles. The predicted octanol–water partition coefficient (Wildman–Crippen LogP) is 1.10. The van der Waals surface area contributed by atoms with Crippen LogP contribution >= 0.6 is 0 Å². The standard InChI is InChI=1S/C14H21NO5S/c1-19-12-3-4-13(20-2)14(9-12)21(17,18)15-7-5-11(10-15)6-8-16/h3-4,9,11,16H,5-8,10H2,1-2H3. The number of hydrogen-bond acceptors (Lipinski definition) is 5. The zero-order valence-electron chi connectivity index (χ0n) is 12.3. The highest BCUT2D eigenvalue weighted by molar-refractivity contribution is 7.89. The maximum absolute atomic E-state index is 12.8. The highest BCUT2D eigenvalue weighted by Gasteiger charge is 2.34. The molecule has 0 saturated carbocycles. The van der Waals surface area contributed by atoms with Crippen molar-refractivity contribution in [3.8, 4) is 11.5 Å². The minimum Gasteiger partial charge on any atom is -0.497 e. The molecular formula is C14H21NO5S. The van der Waals surface area contributed by atoms with Crippen molar-refractivity contribution in [2.24, 2.45) is 5.92 Å². The lowest BCUT2D eigenvalue weighted by Gasteiger charge is -2.19. The number of ether oxygens (including phenoxy) is 2. The number of hydrogen-bond donors (Lipinski definition) is 1. The van der Waals surface area contributed by atoms with E-state index >= 15 is 0 Å². The molecule has 21 heavy (non-hydrogen) atoms. The molecule has 0 spiro atoms. The molecule has 118 valence electrons. The van der Waals surface area contributed by atoms with Crippen LogP contribution in [0, 0.1) is 5.92 Å². The Hall–Kier alpha value is -1.31. The molecule has 0 radical (unpaired) electrons. The molecule has 1 saturated heterocycles. The minimum atomic E-state index is -3.62. The Labute approximate surface area is 125 Å². The van der Waals surface area contributed by atoms with Crippen molar-refractivity contribution in [3.63, 3.8) is 0 Å². The van der Waals surface area contributed by atoms with Crippen molar-refractivity contribution >= 4 is 10.0 Å². The zero-order valence-corrected chi connectivity index (χ0v) is 13.1. The van der Waals surface area contributed by atoms with Crippen LogP contribution in [-0.4, -0.2) is 51.7 Å². The summed E-state index contributed by atoms with van der Waals surface area (Å²) in [5.74, 6) is 0.989. The second-order valence-corrected chi connectivity index (χ2v) is 6.95. The molecule has 1 atom stereocenters. The van der Waals surface area contributed by atoms with E-state index in [1.165, 1.54) is 24.6 Å². The van der Waals surface area contributed by atoms with Gasteiger partial charge in [-0.05, 0) is 30.9 Å². The van der Waals surface area contributed by atoms with Crippen LogP contribution in [0.15, 0.2) is 23.1 Å². The van der Waals surface area contributed by atoms with Gasteiger partial charge in [0.1, 0.15) is 16.4 Å². The summed E-state index contributed by atoms with van der Waals surface area (Å²) in [6, 6.07) is 4.73. The second-order valence-electron chi connectivity index (χ2n) is 5.05. The number of sulfonamides is 1. The summed E-state index contributed by atoms with van der Waals surface area (Å²) < 4.78 is 37.2. The highest BCUT2D eigenvalue weighted by atomic mass is 32.2. The summed E-state index contributed by atoms with van der Waals surface area (Å²) >= 11 is 0. The SMILES string of the molecule is COc1ccc(OC)c(S(=O)(=O)N2CCC(CCO)C2)c1. The monoisotopic (exact) mass is 315 g/mol. The van der Waals surface area contributed by atoms with Gasteiger partial charge in [0, 0.05) is 25.8 Å². The molecule has 0 amide bonds. The van der Waals surface area contributed by atoms with Gasteiger partial charge in [0.2, 0.25) is 10.0 Å². The fourth-order valence-corrected chi connectivity index (χ4v) is 4.26. The van der Waals surface area contributed by atoms with E-state index in [2.05, 4.69) is 0 Å². The molecule has 0 bridgehead atoms. The van der Waals surface area contributed by atoms with E-state index in [-0.39, 0.29) is 17.4 Å². The number of benzene rings is 1. The summed E-state index contributed by atoms with van der Waals surface area (Å²) in [6.07, 6.45) is 1.40. The third-order valence-corrected chi connectivity index (χ3v) is 5.66. The molecule has 7 heteroatoms. The Morgan fingerprint density at radius 2 is 2.10 bits per heavy atom. The summed E-state index contributed by atoms with van der Waals surface area (Å²) in [4.78, 5) is 0.119. The molecule has 6 nitrogen and oxygen atoms in total. The average molecular weight is 315 g/mol. The fourth-order valence-electron chi connectivity index (χ4n) is 2.56. The quantitative estimate of drug-likeness (QED) is 0.850. The number of nitrogens with zero attached hydrogens (tertiary/aromatic N) is 1. The lowest BCUT2D eigenvalue weighted by molar-refractivity contribution is 0.259.